The van der Waals surface area contributed by atoms with Gasteiger partial charge in [-0.3, -0.25) is 0 Å². The topological polar surface area (TPSA) is 9.23 Å². The van der Waals surface area contributed by atoms with E-state index in [4.69, 9.17) is 4.74 Å². The number of para-hydroxylation sites is 1. The minimum Gasteiger partial charge on any atom is -0.496 e. The Bertz CT molecular complexity index is 306. The van der Waals surface area contributed by atoms with Gasteiger partial charge in [-0.25, -0.2) is 0 Å². The number of rotatable bonds is 2. The lowest BCUT2D eigenvalue weighted by molar-refractivity contribution is 0.399. The van der Waals surface area contributed by atoms with Gasteiger partial charge in [0.2, 0.25) is 0 Å². The Kier molecular flexibility index (Phi) is 2.76. The second kappa shape index (κ2) is 4.04. The van der Waals surface area contributed by atoms with Gasteiger partial charge in [0, 0.05) is 0 Å². The first-order chi connectivity index (χ1) is 6.83. The van der Waals surface area contributed by atoms with Crippen molar-refractivity contribution in [3.05, 3.63) is 29.8 Å². The lowest BCUT2D eigenvalue weighted by atomic mass is 9.90. The molecule has 0 N–H and O–H groups in total. The molecule has 1 heteroatoms. The highest BCUT2D eigenvalue weighted by atomic mass is 16.5. The molecule has 0 spiro atoms. The second-order valence-corrected chi connectivity index (χ2v) is 4.26. The SMILES string of the molecule is COc1ccccc1C1CCCC1C. The van der Waals surface area contributed by atoms with Crippen LogP contribution >= 0.6 is 0 Å². The number of benzene rings is 1. The second-order valence-electron chi connectivity index (χ2n) is 4.26. The van der Waals surface area contributed by atoms with Crippen LogP contribution in [0.5, 0.6) is 5.75 Å². The van der Waals surface area contributed by atoms with Crippen LogP contribution in [0.4, 0.5) is 0 Å². The fourth-order valence-electron chi connectivity index (χ4n) is 2.58. The summed E-state index contributed by atoms with van der Waals surface area (Å²) in [7, 11) is 1.76. The molecule has 0 radical (unpaired) electrons. The summed E-state index contributed by atoms with van der Waals surface area (Å²) in [5.74, 6) is 2.59. The summed E-state index contributed by atoms with van der Waals surface area (Å²) in [5, 5.41) is 0. The average Bonchev–Trinajstić information content (AvgIpc) is 2.64. The minimum atomic E-state index is 0.714. The van der Waals surface area contributed by atoms with Gasteiger partial charge in [0.1, 0.15) is 5.75 Å². The number of hydrogen-bond donors (Lipinski definition) is 0. The van der Waals surface area contributed by atoms with Crippen molar-refractivity contribution in [2.75, 3.05) is 7.11 Å². The Morgan fingerprint density at radius 1 is 1.21 bits per heavy atom. The van der Waals surface area contributed by atoms with E-state index in [0.29, 0.717) is 5.92 Å². The molecule has 1 aliphatic rings. The summed E-state index contributed by atoms with van der Waals surface area (Å²) in [4.78, 5) is 0. The smallest absolute Gasteiger partial charge is 0.122 e. The van der Waals surface area contributed by atoms with Crippen molar-refractivity contribution in [2.45, 2.75) is 32.1 Å². The highest BCUT2D eigenvalue weighted by molar-refractivity contribution is 5.37. The lowest BCUT2D eigenvalue weighted by Gasteiger charge is -2.18. The Balaban J connectivity index is 2.30. The van der Waals surface area contributed by atoms with Gasteiger partial charge in [-0.1, -0.05) is 38.0 Å². The third kappa shape index (κ3) is 1.63. The molecule has 1 aromatic carbocycles. The zero-order valence-corrected chi connectivity index (χ0v) is 8.99. The molecule has 76 valence electrons. The van der Waals surface area contributed by atoms with Crippen molar-refractivity contribution < 1.29 is 4.74 Å². The van der Waals surface area contributed by atoms with Crippen molar-refractivity contribution >= 4 is 0 Å². The summed E-state index contributed by atoms with van der Waals surface area (Å²) < 4.78 is 5.41. The molecule has 1 aromatic rings. The normalized spacial score (nSPS) is 26.4. The molecule has 0 bridgehead atoms. The van der Waals surface area contributed by atoms with Crippen molar-refractivity contribution in [3.8, 4) is 5.75 Å². The van der Waals surface area contributed by atoms with E-state index in [1.54, 1.807) is 7.11 Å². The summed E-state index contributed by atoms with van der Waals surface area (Å²) >= 11 is 0. The van der Waals surface area contributed by atoms with Crippen LogP contribution in [0.25, 0.3) is 0 Å². The number of hydrogen-bond acceptors (Lipinski definition) is 1. The largest absolute Gasteiger partial charge is 0.496 e. The third-order valence-electron chi connectivity index (χ3n) is 3.40. The molecule has 0 aromatic heterocycles. The predicted molar refractivity (Wildman–Crippen MR) is 58.8 cm³/mol. The highest BCUT2D eigenvalue weighted by Gasteiger charge is 2.26. The van der Waals surface area contributed by atoms with Crippen LogP contribution in [-0.2, 0) is 0 Å². The molecule has 1 nitrogen and oxygen atoms in total. The predicted octanol–water partition coefficient (Wildman–Crippen LogP) is 3.60. The van der Waals surface area contributed by atoms with Crippen molar-refractivity contribution in [1.82, 2.24) is 0 Å². The van der Waals surface area contributed by atoms with Crippen LogP contribution < -0.4 is 4.74 Å². The van der Waals surface area contributed by atoms with Crippen LogP contribution in [0, 0.1) is 5.92 Å². The van der Waals surface area contributed by atoms with Gasteiger partial charge in [0.25, 0.3) is 0 Å². The quantitative estimate of drug-likeness (QED) is 0.692. The van der Waals surface area contributed by atoms with Crippen LogP contribution in [0.1, 0.15) is 37.7 Å². The van der Waals surface area contributed by atoms with Crippen molar-refractivity contribution in [3.63, 3.8) is 0 Å². The van der Waals surface area contributed by atoms with E-state index in [1.807, 2.05) is 6.07 Å². The lowest BCUT2D eigenvalue weighted by Crippen LogP contribution is -2.03. The van der Waals surface area contributed by atoms with Crippen LogP contribution in [0.2, 0.25) is 0 Å². The van der Waals surface area contributed by atoms with E-state index < -0.39 is 0 Å². The molecule has 0 saturated heterocycles. The van der Waals surface area contributed by atoms with Crippen LogP contribution in [-0.4, -0.2) is 7.11 Å². The molecule has 1 aliphatic carbocycles. The monoisotopic (exact) mass is 190 g/mol. The maximum absolute atomic E-state index is 5.41. The molecular formula is C13H18O. The zero-order chi connectivity index (χ0) is 9.97. The van der Waals surface area contributed by atoms with Gasteiger partial charge in [0.15, 0.2) is 0 Å². The molecule has 0 heterocycles. The van der Waals surface area contributed by atoms with Gasteiger partial charge < -0.3 is 4.74 Å². The fourth-order valence-corrected chi connectivity index (χ4v) is 2.58. The molecule has 0 aliphatic heterocycles. The van der Waals surface area contributed by atoms with Crippen LogP contribution in [0.3, 0.4) is 0 Å². The molecular weight excluding hydrogens is 172 g/mol. The van der Waals surface area contributed by atoms with Crippen molar-refractivity contribution in [2.24, 2.45) is 5.92 Å². The summed E-state index contributed by atoms with van der Waals surface area (Å²) in [5.41, 5.74) is 1.40. The minimum absolute atomic E-state index is 0.714. The molecule has 14 heavy (non-hydrogen) atoms. The molecule has 1 fully saturated rings. The van der Waals surface area contributed by atoms with Gasteiger partial charge >= 0.3 is 0 Å². The van der Waals surface area contributed by atoms with Gasteiger partial charge in [0.05, 0.1) is 7.11 Å². The van der Waals surface area contributed by atoms with E-state index >= 15 is 0 Å². The Labute approximate surface area is 86.1 Å². The van der Waals surface area contributed by atoms with Gasteiger partial charge in [-0.2, -0.15) is 0 Å². The fraction of sp³-hybridized carbons (Fsp3) is 0.538. The maximum Gasteiger partial charge on any atom is 0.122 e. The van der Waals surface area contributed by atoms with E-state index in [2.05, 4.69) is 25.1 Å². The zero-order valence-electron chi connectivity index (χ0n) is 8.99. The average molecular weight is 190 g/mol. The van der Waals surface area contributed by atoms with E-state index in [1.165, 1.54) is 24.8 Å². The van der Waals surface area contributed by atoms with Gasteiger partial charge in [-0.15, -0.1) is 0 Å². The first-order valence-corrected chi connectivity index (χ1v) is 5.46. The summed E-state index contributed by atoms with van der Waals surface area (Å²) in [6, 6.07) is 8.44. The molecule has 2 atom stereocenters. The summed E-state index contributed by atoms with van der Waals surface area (Å²) in [6.07, 6.45) is 4.05. The molecule has 2 unspecified atom stereocenters. The maximum atomic E-state index is 5.41. The summed E-state index contributed by atoms with van der Waals surface area (Å²) in [6.45, 7) is 2.35. The highest BCUT2D eigenvalue weighted by Crippen LogP contribution is 2.42. The first kappa shape index (κ1) is 9.57. The number of methoxy groups -OCH3 is 1. The van der Waals surface area contributed by atoms with E-state index in [-0.39, 0.29) is 0 Å². The molecule has 2 rings (SSSR count). The van der Waals surface area contributed by atoms with E-state index in [9.17, 15) is 0 Å². The Morgan fingerprint density at radius 3 is 2.64 bits per heavy atom. The van der Waals surface area contributed by atoms with Crippen molar-refractivity contribution in [1.29, 1.82) is 0 Å². The third-order valence-corrected chi connectivity index (χ3v) is 3.40. The van der Waals surface area contributed by atoms with Gasteiger partial charge in [-0.05, 0) is 29.9 Å². The Hall–Kier alpha value is -0.980. The van der Waals surface area contributed by atoms with Crippen LogP contribution in [0.15, 0.2) is 24.3 Å². The Morgan fingerprint density at radius 2 is 2.00 bits per heavy atom. The standard InChI is InChI=1S/C13H18O/c1-10-6-5-8-11(10)12-7-3-4-9-13(12)14-2/h3-4,7,9-11H,5-6,8H2,1-2H3. The number of ether oxygens (including phenoxy) is 1. The molecule has 0 amide bonds. The van der Waals surface area contributed by atoms with E-state index in [0.717, 1.165) is 11.7 Å². The molecule has 1 saturated carbocycles. The first-order valence-electron chi connectivity index (χ1n) is 5.46.